The summed E-state index contributed by atoms with van der Waals surface area (Å²) >= 11 is 0. The molecule has 1 aromatic carbocycles. The molecule has 0 bridgehead atoms. The highest BCUT2D eigenvalue weighted by Crippen LogP contribution is 2.15. The molecular weight excluding hydrogens is 240 g/mol. The molecule has 0 spiro atoms. The number of aryl methyl sites for hydroxylation is 1. The molecule has 5 heteroatoms. The summed E-state index contributed by atoms with van der Waals surface area (Å²) in [5.74, 6) is 1.86. The molecule has 2 heterocycles. The van der Waals surface area contributed by atoms with Crippen molar-refractivity contribution >= 4 is 0 Å². The second kappa shape index (κ2) is 5.50. The first kappa shape index (κ1) is 12.3. The van der Waals surface area contributed by atoms with Gasteiger partial charge in [-0.05, 0) is 19.1 Å². The number of benzene rings is 1. The molecule has 1 aromatic heterocycles. The minimum Gasteiger partial charge on any atom is -0.375 e. The number of hydrogen-bond acceptors (Lipinski definition) is 4. The Hall–Kier alpha value is -1.72. The second-order valence-electron chi connectivity index (χ2n) is 4.74. The van der Waals surface area contributed by atoms with Crippen molar-refractivity contribution in [2.45, 2.75) is 19.4 Å². The number of morpholine rings is 1. The molecule has 1 unspecified atom stereocenters. The molecular formula is C14H18N4O. The standard InChI is InChI=1S/C14H18N4O/c1-11-16-17-14(9-13-10-15-7-8-19-13)18(11)12-5-3-2-4-6-12/h2-6,13,15H,7-10H2,1H3. The van der Waals surface area contributed by atoms with Crippen LogP contribution in [0.1, 0.15) is 11.6 Å². The maximum Gasteiger partial charge on any atom is 0.140 e. The van der Waals surface area contributed by atoms with E-state index in [0.29, 0.717) is 0 Å². The van der Waals surface area contributed by atoms with Crippen molar-refractivity contribution < 1.29 is 4.74 Å². The summed E-state index contributed by atoms with van der Waals surface area (Å²) < 4.78 is 7.83. The lowest BCUT2D eigenvalue weighted by atomic mass is 10.2. The Morgan fingerprint density at radius 3 is 2.89 bits per heavy atom. The van der Waals surface area contributed by atoms with Gasteiger partial charge in [-0.3, -0.25) is 4.57 Å². The van der Waals surface area contributed by atoms with Gasteiger partial charge in [0.05, 0.1) is 12.7 Å². The molecule has 100 valence electrons. The monoisotopic (exact) mass is 258 g/mol. The lowest BCUT2D eigenvalue weighted by molar-refractivity contribution is 0.0278. The van der Waals surface area contributed by atoms with Gasteiger partial charge in [-0.25, -0.2) is 0 Å². The molecule has 0 aliphatic carbocycles. The minimum absolute atomic E-state index is 0.180. The second-order valence-corrected chi connectivity index (χ2v) is 4.74. The fourth-order valence-corrected chi connectivity index (χ4v) is 2.41. The van der Waals surface area contributed by atoms with E-state index in [-0.39, 0.29) is 6.10 Å². The van der Waals surface area contributed by atoms with Gasteiger partial charge in [0, 0.05) is 25.2 Å². The van der Waals surface area contributed by atoms with Crippen LogP contribution in [-0.4, -0.2) is 40.6 Å². The van der Waals surface area contributed by atoms with E-state index < -0.39 is 0 Å². The largest absolute Gasteiger partial charge is 0.375 e. The van der Waals surface area contributed by atoms with Crippen molar-refractivity contribution in [3.8, 4) is 5.69 Å². The summed E-state index contributed by atoms with van der Waals surface area (Å²) in [5, 5.41) is 11.8. The lowest BCUT2D eigenvalue weighted by Gasteiger charge is -2.23. The van der Waals surface area contributed by atoms with Crippen LogP contribution in [0.4, 0.5) is 0 Å². The molecule has 3 rings (SSSR count). The predicted molar refractivity (Wildman–Crippen MR) is 72.4 cm³/mol. The highest BCUT2D eigenvalue weighted by atomic mass is 16.5. The first-order chi connectivity index (χ1) is 9.34. The van der Waals surface area contributed by atoms with E-state index in [9.17, 15) is 0 Å². The van der Waals surface area contributed by atoms with Crippen LogP contribution in [0.15, 0.2) is 30.3 Å². The fourth-order valence-electron chi connectivity index (χ4n) is 2.41. The fraction of sp³-hybridized carbons (Fsp3) is 0.429. The van der Waals surface area contributed by atoms with Crippen LogP contribution in [0.5, 0.6) is 0 Å². The molecule has 19 heavy (non-hydrogen) atoms. The third-order valence-electron chi connectivity index (χ3n) is 3.32. The highest BCUT2D eigenvalue weighted by molar-refractivity contribution is 5.33. The first-order valence-electron chi connectivity index (χ1n) is 6.63. The predicted octanol–water partition coefficient (Wildman–Crippen LogP) is 1.11. The van der Waals surface area contributed by atoms with Crippen LogP contribution in [0.25, 0.3) is 5.69 Å². The topological polar surface area (TPSA) is 52.0 Å². The summed E-state index contributed by atoms with van der Waals surface area (Å²) in [5.41, 5.74) is 1.10. The van der Waals surface area contributed by atoms with E-state index in [0.717, 1.165) is 43.5 Å². The zero-order valence-electron chi connectivity index (χ0n) is 11.0. The van der Waals surface area contributed by atoms with E-state index in [1.807, 2.05) is 25.1 Å². The number of hydrogen-bond donors (Lipinski definition) is 1. The van der Waals surface area contributed by atoms with Crippen LogP contribution in [0, 0.1) is 6.92 Å². The number of aromatic nitrogens is 3. The summed E-state index contributed by atoms with van der Waals surface area (Å²) in [6.07, 6.45) is 0.961. The zero-order chi connectivity index (χ0) is 13.1. The highest BCUT2D eigenvalue weighted by Gasteiger charge is 2.19. The molecule has 1 fully saturated rings. The third-order valence-corrected chi connectivity index (χ3v) is 3.32. The third kappa shape index (κ3) is 2.67. The van der Waals surface area contributed by atoms with Crippen molar-refractivity contribution in [1.29, 1.82) is 0 Å². The number of nitrogens with zero attached hydrogens (tertiary/aromatic N) is 3. The Bertz CT molecular complexity index is 532. The van der Waals surface area contributed by atoms with Gasteiger partial charge in [-0.15, -0.1) is 10.2 Å². The molecule has 1 atom stereocenters. The van der Waals surface area contributed by atoms with Crippen molar-refractivity contribution in [2.75, 3.05) is 19.7 Å². The molecule has 0 saturated carbocycles. The molecule has 1 aliphatic rings. The Labute approximate surface area is 112 Å². The van der Waals surface area contributed by atoms with E-state index in [1.54, 1.807) is 0 Å². The average Bonchev–Trinajstić information content (AvgIpc) is 2.82. The van der Waals surface area contributed by atoms with Crippen LogP contribution < -0.4 is 5.32 Å². The van der Waals surface area contributed by atoms with E-state index in [2.05, 4.69) is 32.2 Å². The van der Waals surface area contributed by atoms with Crippen molar-refractivity contribution in [2.24, 2.45) is 0 Å². The minimum atomic E-state index is 0.180. The van der Waals surface area contributed by atoms with Gasteiger partial charge >= 0.3 is 0 Å². The smallest absolute Gasteiger partial charge is 0.140 e. The number of nitrogens with one attached hydrogen (secondary N) is 1. The summed E-state index contributed by atoms with van der Waals surface area (Å²) in [4.78, 5) is 0. The molecule has 2 aromatic rings. The van der Waals surface area contributed by atoms with Crippen LogP contribution in [0.3, 0.4) is 0 Å². The van der Waals surface area contributed by atoms with Gasteiger partial charge in [0.1, 0.15) is 11.6 Å². The van der Waals surface area contributed by atoms with E-state index >= 15 is 0 Å². The summed E-state index contributed by atoms with van der Waals surface area (Å²) in [7, 11) is 0. The molecule has 1 N–H and O–H groups in total. The Morgan fingerprint density at radius 1 is 1.32 bits per heavy atom. The maximum absolute atomic E-state index is 5.74. The molecule has 0 radical (unpaired) electrons. The first-order valence-corrected chi connectivity index (χ1v) is 6.63. The van der Waals surface area contributed by atoms with Gasteiger partial charge < -0.3 is 10.1 Å². The van der Waals surface area contributed by atoms with Crippen LogP contribution in [-0.2, 0) is 11.2 Å². The Balaban J connectivity index is 1.86. The van der Waals surface area contributed by atoms with Gasteiger partial charge in [-0.1, -0.05) is 18.2 Å². The molecule has 1 saturated heterocycles. The maximum atomic E-state index is 5.74. The van der Waals surface area contributed by atoms with Crippen molar-refractivity contribution in [3.05, 3.63) is 42.0 Å². The van der Waals surface area contributed by atoms with Gasteiger partial charge in [0.25, 0.3) is 0 Å². The number of para-hydroxylation sites is 1. The summed E-state index contributed by atoms with van der Waals surface area (Å²) in [6.45, 7) is 4.55. The average molecular weight is 258 g/mol. The van der Waals surface area contributed by atoms with E-state index in [1.165, 1.54) is 0 Å². The lowest BCUT2D eigenvalue weighted by Crippen LogP contribution is -2.40. The van der Waals surface area contributed by atoms with Crippen LogP contribution >= 0.6 is 0 Å². The van der Waals surface area contributed by atoms with Crippen molar-refractivity contribution in [1.82, 2.24) is 20.1 Å². The van der Waals surface area contributed by atoms with Gasteiger partial charge in [0.2, 0.25) is 0 Å². The molecule has 1 aliphatic heterocycles. The summed E-state index contributed by atoms with van der Waals surface area (Å²) in [6, 6.07) is 10.2. The quantitative estimate of drug-likeness (QED) is 0.896. The van der Waals surface area contributed by atoms with Gasteiger partial charge in [0.15, 0.2) is 0 Å². The van der Waals surface area contributed by atoms with Crippen LogP contribution in [0.2, 0.25) is 0 Å². The van der Waals surface area contributed by atoms with E-state index in [4.69, 9.17) is 4.74 Å². The Kier molecular flexibility index (Phi) is 3.57. The molecule has 5 nitrogen and oxygen atoms in total. The van der Waals surface area contributed by atoms with Crippen molar-refractivity contribution in [3.63, 3.8) is 0 Å². The molecule has 0 amide bonds. The van der Waals surface area contributed by atoms with Gasteiger partial charge in [-0.2, -0.15) is 0 Å². The normalized spacial score (nSPS) is 19.5. The number of ether oxygens (including phenoxy) is 1. The SMILES string of the molecule is Cc1nnc(CC2CNCCO2)n1-c1ccccc1. The zero-order valence-corrected chi connectivity index (χ0v) is 11.0. The Morgan fingerprint density at radius 2 is 2.16 bits per heavy atom. The number of rotatable bonds is 3.